The second-order valence-corrected chi connectivity index (χ2v) is 6.85. The molecule has 1 fully saturated rings. The van der Waals surface area contributed by atoms with Crippen LogP contribution in [0.4, 0.5) is 41.9 Å². The van der Waals surface area contributed by atoms with E-state index in [0.717, 1.165) is 24.1 Å². The Morgan fingerprint density at radius 1 is 0.903 bits per heavy atom. The average molecular weight is 430 g/mol. The molecule has 0 saturated carbocycles. The number of benzene rings is 2. The summed E-state index contributed by atoms with van der Waals surface area (Å²) in [5.41, 5.74) is 0.309. The van der Waals surface area contributed by atoms with Gasteiger partial charge in [0.15, 0.2) is 0 Å². The van der Waals surface area contributed by atoms with Gasteiger partial charge in [0, 0.05) is 37.9 Å². The smallest absolute Gasteiger partial charge is 0.353 e. The Balaban J connectivity index is 1.57. The predicted molar refractivity (Wildman–Crippen MR) is 109 cm³/mol. The fourth-order valence-corrected chi connectivity index (χ4v) is 3.41. The highest BCUT2D eigenvalue weighted by atomic mass is 19.1. The van der Waals surface area contributed by atoms with Crippen molar-refractivity contribution in [2.24, 2.45) is 0 Å². The Bertz CT molecular complexity index is 1100. The minimum absolute atomic E-state index is 0.101. The van der Waals surface area contributed by atoms with Crippen molar-refractivity contribution in [2.45, 2.75) is 0 Å². The Labute approximate surface area is 175 Å². The molecule has 0 radical (unpaired) electrons. The van der Waals surface area contributed by atoms with E-state index in [4.69, 9.17) is 0 Å². The van der Waals surface area contributed by atoms with Gasteiger partial charge in [-0.2, -0.15) is 0 Å². The van der Waals surface area contributed by atoms with Gasteiger partial charge in [-0.15, -0.1) is 0 Å². The molecule has 2 heterocycles. The summed E-state index contributed by atoms with van der Waals surface area (Å²) in [4.78, 5) is 22.9. The van der Waals surface area contributed by atoms with Gasteiger partial charge in [-0.25, -0.2) is 23.1 Å². The Morgan fingerprint density at radius 3 is 2.19 bits per heavy atom. The molecule has 0 aliphatic carbocycles. The molecule has 1 aliphatic heterocycles. The summed E-state index contributed by atoms with van der Waals surface area (Å²) in [5, 5.41) is 14.4. The van der Waals surface area contributed by atoms with Gasteiger partial charge in [0.25, 0.3) is 0 Å². The first kappa shape index (κ1) is 20.4. The maximum absolute atomic E-state index is 14.0. The molecule has 0 unspecified atom stereocenters. The minimum atomic E-state index is -0.901. The Hall–Kier alpha value is -3.89. The fraction of sp³-hybridized carbons (Fsp3) is 0.200. The van der Waals surface area contributed by atoms with Crippen molar-refractivity contribution in [3.05, 3.63) is 76.4 Å². The van der Waals surface area contributed by atoms with Crippen LogP contribution in [-0.4, -0.2) is 41.1 Å². The monoisotopic (exact) mass is 430 g/mol. The van der Waals surface area contributed by atoms with Crippen LogP contribution in [0.25, 0.3) is 0 Å². The summed E-state index contributed by atoms with van der Waals surface area (Å²) in [5.74, 6) is -2.08. The molecule has 8 nitrogen and oxygen atoms in total. The molecule has 1 aliphatic rings. The lowest BCUT2D eigenvalue weighted by Gasteiger charge is -2.36. The van der Waals surface area contributed by atoms with Gasteiger partial charge in [0.05, 0.1) is 10.6 Å². The normalized spacial score (nSPS) is 13.9. The molecule has 0 amide bonds. The molecular formula is C20H17F3N6O2. The van der Waals surface area contributed by atoms with E-state index in [2.05, 4.69) is 15.3 Å². The maximum atomic E-state index is 14.0. The Morgan fingerprint density at radius 2 is 1.55 bits per heavy atom. The highest BCUT2D eigenvalue weighted by Gasteiger charge is 2.29. The lowest BCUT2D eigenvalue weighted by Crippen LogP contribution is -2.47. The van der Waals surface area contributed by atoms with Gasteiger partial charge >= 0.3 is 5.69 Å². The van der Waals surface area contributed by atoms with Crippen molar-refractivity contribution in [3.63, 3.8) is 0 Å². The number of anilines is 4. The van der Waals surface area contributed by atoms with E-state index in [1.165, 1.54) is 12.1 Å². The first-order chi connectivity index (χ1) is 14.9. The number of hydrogen-bond donors (Lipinski definition) is 1. The van der Waals surface area contributed by atoms with Crippen molar-refractivity contribution in [2.75, 3.05) is 41.3 Å². The van der Waals surface area contributed by atoms with Crippen LogP contribution in [0, 0.1) is 27.6 Å². The van der Waals surface area contributed by atoms with Crippen LogP contribution in [0.5, 0.6) is 0 Å². The molecule has 1 aromatic heterocycles. The summed E-state index contributed by atoms with van der Waals surface area (Å²) in [6.45, 7) is 1.95. The van der Waals surface area contributed by atoms with E-state index >= 15 is 0 Å². The lowest BCUT2D eigenvalue weighted by molar-refractivity contribution is -0.383. The highest BCUT2D eigenvalue weighted by Crippen LogP contribution is 2.34. The first-order valence-corrected chi connectivity index (χ1v) is 9.39. The van der Waals surface area contributed by atoms with Crippen molar-refractivity contribution in [1.82, 2.24) is 9.97 Å². The SMILES string of the molecule is O=[N+]([O-])c1c(Nc2ccc(F)cc2F)ncnc1N1CCN(c2ccc(F)cc2)CC1. The zero-order valence-corrected chi connectivity index (χ0v) is 16.1. The second-order valence-electron chi connectivity index (χ2n) is 6.85. The van der Waals surface area contributed by atoms with Crippen LogP contribution in [0.3, 0.4) is 0 Å². The minimum Gasteiger partial charge on any atom is -0.368 e. The topological polar surface area (TPSA) is 87.4 Å². The molecule has 0 spiro atoms. The molecule has 3 aromatic rings. The molecule has 0 bridgehead atoms. The van der Waals surface area contributed by atoms with Crippen molar-refractivity contribution >= 4 is 28.7 Å². The summed E-state index contributed by atoms with van der Waals surface area (Å²) >= 11 is 0. The van der Waals surface area contributed by atoms with Crippen LogP contribution in [-0.2, 0) is 0 Å². The van der Waals surface area contributed by atoms with Crippen LogP contribution < -0.4 is 15.1 Å². The number of hydrogen-bond acceptors (Lipinski definition) is 7. The standard InChI is InChI=1S/C20H17F3N6O2/c21-13-1-4-15(5-2-13)27-7-9-28(10-8-27)20-18(29(30)31)19(24-12-25-20)26-17-6-3-14(22)11-16(17)23/h1-6,11-12H,7-10H2,(H,24,25,26). The number of aromatic nitrogens is 2. The van der Waals surface area contributed by atoms with Crippen molar-refractivity contribution in [1.29, 1.82) is 0 Å². The molecule has 31 heavy (non-hydrogen) atoms. The average Bonchev–Trinajstić information content (AvgIpc) is 2.76. The number of nitrogens with one attached hydrogen (secondary N) is 1. The third kappa shape index (κ3) is 4.34. The molecule has 0 atom stereocenters. The third-order valence-corrected chi connectivity index (χ3v) is 4.94. The van der Waals surface area contributed by atoms with Gasteiger partial charge in [0.2, 0.25) is 11.6 Å². The molecule has 4 rings (SSSR count). The zero-order chi connectivity index (χ0) is 22.0. The first-order valence-electron chi connectivity index (χ1n) is 9.39. The summed E-state index contributed by atoms with van der Waals surface area (Å²) in [6.07, 6.45) is 1.15. The maximum Gasteiger partial charge on any atom is 0.353 e. The van der Waals surface area contributed by atoms with Gasteiger partial charge in [-0.05, 0) is 36.4 Å². The number of piperazine rings is 1. The summed E-state index contributed by atoms with van der Waals surface area (Å²) in [7, 11) is 0. The molecule has 11 heteroatoms. The van der Waals surface area contributed by atoms with Crippen molar-refractivity contribution < 1.29 is 18.1 Å². The van der Waals surface area contributed by atoms with Gasteiger partial charge in [-0.1, -0.05) is 0 Å². The summed E-state index contributed by atoms with van der Waals surface area (Å²) in [6, 6.07) is 8.96. The Kier molecular flexibility index (Phi) is 5.56. The van der Waals surface area contributed by atoms with Gasteiger partial charge in [0.1, 0.15) is 23.8 Å². The molecule has 160 valence electrons. The number of halogens is 3. The van der Waals surface area contributed by atoms with E-state index < -0.39 is 22.2 Å². The van der Waals surface area contributed by atoms with Crippen LogP contribution in [0.2, 0.25) is 0 Å². The number of rotatable bonds is 5. The lowest BCUT2D eigenvalue weighted by atomic mass is 10.2. The third-order valence-electron chi connectivity index (χ3n) is 4.94. The fourth-order valence-electron chi connectivity index (χ4n) is 3.41. The highest BCUT2D eigenvalue weighted by molar-refractivity contribution is 5.74. The zero-order valence-electron chi connectivity index (χ0n) is 16.1. The van der Waals surface area contributed by atoms with E-state index in [-0.39, 0.29) is 23.1 Å². The molecule has 1 saturated heterocycles. The van der Waals surface area contributed by atoms with E-state index in [0.29, 0.717) is 32.2 Å². The molecular weight excluding hydrogens is 413 g/mol. The van der Waals surface area contributed by atoms with E-state index in [9.17, 15) is 23.3 Å². The van der Waals surface area contributed by atoms with Crippen LogP contribution >= 0.6 is 0 Å². The van der Waals surface area contributed by atoms with E-state index in [1.54, 1.807) is 17.0 Å². The van der Waals surface area contributed by atoms with Crippen LogP contribution in [0.1, 0.15) is 0 Å². The predicted octanol–water partition coefficient (Wildman–Crippen LogP) is 3.87. The van der Waals surface area contributed by atoms with Gasteiger partial charge < -0.3 is 15.1 Å². The van der Waals surface area contributed by atoms with Crippen molar-refractivity contribution in [3.8, 4) is 0 Å². The van der Waals surface area contributed by atoms with Gasteiger partial charge in [-0.3, -0.25) is 10.1 Å². The second kappa shape index (κ2) is 8.46. The summed E-state index contributed by atoms with van der Waals surface area (Å²) < 4.78 is 40.3. The molecule has 2 aromatic carbocycles. The van der Waals surface area contributed by atoms with Crippen LogP contribution in [0.15, 0.2) is 48.8 Å². The quantitative estimate of drug-likeness (QED) is 0.486. The number of nitro groups is 1. The number of nitrogens with zero attached hydrogens (tertiary/aromatic N) is 5. The largest absolute Gasteiger partial charge is 0.368 e. The van der Waals surface area contributed by atoms with E-state index in [1.807, 2.05) is 4.90 Å². The molecule has 1 N–H and O–H groups in total.